The van der Waals surface area contributed by atoms with Crippen LogP contribution in [0.25, 0.3) is 22.2 Å². The van der Waals surface area contributed by atoms with Gasteiger partial charge in [0.25, 0.3) is 0 Å². The standard InChI is InChI=1S/C30H22BrClN4/c1-19-6-4-7-21(16-19)27-18-28(22-8-5-9-23(31)17-22)36(35-27)30-33-26-11-3-2-10-25(26)29(34-30)20-12-14-24(32)15-13-20/h2-17,28H,18H2,1H3/t28-/m1/s1. The molecule has 36 heavy (non-hydrogen) atoms. The maximum absolute atomic E-state index is 6.17. The third-order valence-corrected chi connectivity index (χ3v) is 7.15. The van der Waals surface area contributed by atoms with Gasteiger partial charge in [-0.3, -0.25) is 0 Å². The van der Waals surface area contributed by atoms with E-state index in [0.29, 0.717) is 11.0 Å². The summed E-state index contributed by atoms with van der Waals surface area (Å²) in [6, 6.07) is 32.7. The summed E-state index contributed by atoms with van der Waals surface area (Å²) in [4.78, 5) is 10.1. The van der Waals surface area contributed by atoms with Gasteiger partial charge in [0, 0.05) is 26.9 Å². The zero-order chi connectivity index (χ0) is 24.6. The van der Waals surface area contributed by atoms with E-state index in [1.165, 1.54) is 5.56 Å². The van der Waals surface area contributed by atoms with E-state index in [1.807, 2.05) is 53.5 Å². The number of hydrogen-bond acceptors (Lipinski definition) is 4. The summed E-state index contributed by atoms with van der Waals surface area (Å²) in [6.45, 7) is 2.10. The number of rotatable bonds is 4. The molecule has 0 amide bonds. The van der Waals surface area contributed by atoms with Crippen LogP contribution in [-0.4, -0.2) is 15.7 Å². The molecule has 1 atom stereocenters. The van der Waals surface area contributed by atoms with Gasteiger partial charge in [0.05, 0.1) is 23.0 Å². The first-order chi connectivity index (χ1) is 17.5. The van der Waals surface area contributed by atoms with E-state index in [2.05, 4.69) is 71.4 Å². The van der Waals surface area contributed by atoms with Crippen molar-refractivity contribution in [1.29, 1.82) is 0 Å². The van der Waals surface area contributed by atoms with Crippen LogP contribution in [0.4, 0.5) is 5.95 Å². The Morgan fingerprint density at radius 3 is 2.44 bits per heavy atom. The Bertz CT molecular complexity index is 1610. The second-order valence-electron chi connectivity index (χ2n) is 8.93. The van der Waals surface area contributed by atoms with Gasteiger partial charge >= 0.3 is 0 Å². The minimum Gasteiger partial charge on any atom is -0.223 e. The fraction of sp³-hybridized carbons (Fsp3) is 0.100. The molecule has 0 fully saturated rings. The molecule has 0 N–H and O–H groups in total. The van der Waals surface area contributed by atoms with E-state index in [4.69, 9.17) is 26.7 Å². The van der Waals surface area contributed by atoms with Gasteiger partial charge in [-0.25, -0.2) is 15.0 Å². The van der Waals surface area contributed by atoms with Crippen LogP contribution in [0.15, 0.2) is 107 Å². The van der Waals surface area contributed by atoms with Crippen LogP contribution in [0.2, 0.25) is 5.02 Å². The second kappa shape index (κ2) is 9.49. The van der Waals surface area contributed by atoms with Crippen LogP contribution in [0.1, 0.15) is 29.2 Å². The average Bonchev–Trinajstić information content (AvgIpc) is 3.34. The highest BCUT2D eigenvalue weighted by Crippen LogP contribution is 2.38. The van der Waals surface area contributed by atoms with E-state index in [0.717, 1.165) is 49.9 Å². The molecule has 5 aromatic rings. The molecule has 1 aliphatic rings. The van der Waals surface area contributed by atoms with Crippen molar-refractivity contribution in [2.24, 2.45) is 5.10 Å². The van der Waals surface area contributed by atoms with Crippen LogP contribution in [0.3, 0.4) is 0 Å². The zero-order valence-corrected chi connectivity index (χ0v) is 21.9. The molecule has 6 heteroatoms. The van der Waals surface area contributed by atoms with E-state index in [-0.39, 0.29) is 6.04 Å². The van der Waals surface area contributed by atoms with Crippen molar-refractivity contribution in [1.82, 2.24) is 9.97 Å². The van der Waals surface area contributed by atoms with E-state index in [1.54, 1.807) is 0 Å². The lowest BCUT2D eigenvalue weighted by atomic mass is 9.98. The van der Waals surface area contributed by atoms with Crippen molar-refractivity contribution in [3.8, 4) is 11.3 Å². The Kier molecular flexibility index (Phi) is 6.04. The monoisotopic (exact) mass is 552 g/mol. The third kappa shape index (κ3) is 4.41. The lowest BCUT2D eigenvalue weighted by Gasteiger charge is -2.23. The molecule has 0 spiro atoms. The number of nitrogens with zero attached hydrogens (tertiary/aromatic N) is 4. The minimum atomic E-state index is -0.0303. The second-order valence-corrected chi connectivity index (χ2v) is 10.3. The first kappa shape index (κ1) is 22.9. The fourth-order valence-corrected chi connectivity index (χ4v) is 5.20. The number of aryl methyl sites for hydroxylation is 1. The normalized spacial score (nSPS) is 15.4. The quantitative estimate of drug-likeness (QED) is 0.224. The van der Waals surface area contributed by atoms with Crippen LogP contribution in [0, 0.1) is 6.92 Å². The highest BCUT2D eigenvalue weighted by atomic mass is 79.9. The zero-order valence-electron chi connectivity index (χ0n) is 19.6. The Labute approximate surface area is 223 Å². The Morgan fingerprint density at radius 1 is 0.833 bits per heavy atom. The van der Waals surface area contributed by atoms with Crippen molar-refractivity contribution in [3.63, 3.8) is 0 Å². The summed E-state index contributed by atoms with van der Waals surface area (Å²) >= 11 is 9.81. The predicted octanol–water partition coefficient (Wildman–Crippen LogP) is 8.38. The summed E-state index contributed by atoms with van der Waals surface area (Å²) in [5, 5.41) is 8.76. The summed E-state index contributed by atoms with van der Waals surface area (Å²) in [5.41, 5.74) is 7.23. The van der Waals surface area contributed by atoms with Crippen LogP contribution >= 0.6 is 27.5 Å². The van der Waals surface area contributed by atoms with E-state index < -0.39 is 0 Å². The van der Waals surface area contributed by atoms with E-state index >= 15 is 0 Å². The Balaban J connectivity index is 1.53. The molecular formula is C30H22BrClN4. The topological polar surface area (TPSA) is 41.4 Å². The SMILES string of the molecule is Cc1cccc(C2=NN(c3nc(-c4ccc(Cl)cc4)c4ccccc4n3)[C@@H](c3cccc(Br)c3)C2)c1. The molecule has 0 bridgehead atoms. The number of anilines is 1. The molecule has 0 unspecified atom stereocenters. The maximum Gasteiger partial charge on any atom is 0.247 e. The number of benzene rings is 4. The smallest absolute Gasteiger partial charge is 0.223 e. The number of aromatic nitrogens is 2. The molecule has 4 aromatic carbocycles. The van der Waals surface area contributed by atoms with Gasteiger partial charge in [-0.05, 0) is 48.4 Å². The van der Waals surface area contributed by atoms with Gasteiger partial charge in [-0.15, -0.1) is 0 Å². The van der Waals surface area contributed by atoms with Gasteiger partial charge in [0.15, 0.2) is 0 Å². The lowest BCUT2D eigenvalue weighted by Crippen LogP contribution is -2.21. The maximum atomic E-state index is 6.17. The molecular weight excluding hydrogens is 532 g/mol. The molecule has 0 saturated carbocycles. The van der Waals surface area contributed by atoms with Crippen LogP contribution in [-0.2, 0) is 0 Å². The Morgan fingerprint density at radius 2 is 1.64 bits per heavy atom. The summed E-state index contributed by atoms with van der Waals surface area (Å²) < 4.78 is 1.03. The van der Waals surface area contributed by atoms with Crippen molar-refractivity contribution in [2.75, 3.05) is 5.01 Å². The summed E-state index contributed by atoms with van der Waals surface area (Å²) in [6.07, 6.45) is 0.756. The molecule has 0 aliphatic carbocycles. The third-order valence-electron chi connectivity index (χ3n) is 6.41. The summed E-state index contributed by atoms with van der Waals surface area (Å²) in [7, 11) is 0. The van der Waals surface area contributed by atoms with Crippen molar-refractivity contribution in [3.05, 3.63) is 123 Å². The molecule has 0 radical (unpaired) electrons. The highest BCUT2D eigenvalue weighted by molar-refractivity contribution is 9.10. The number of hydrazone groups is 1. The number of hydrogen-bond donors (Lipinski definition) is 0. The van der Waals surface area contributed by atoms with Crippen molar-refractivity contribution >= 4 is 50.1 Å². The van der Waals surface area contributed by atoms with Gasteiger partial charge in [-0.1, -0.05) is 99.8 Å². The molecule has 1 aliphatic heterocycles. The van der Waals surface area contributed by atoms with Gasteiger partial charge in [-0.2, -0.15) is 5.10 Å². The van der Waals surface area contributed by atoms with Crippen LogP contribution < -0.4 is 5.01 Å². The van der Waals surface area contributed by atoms with Crippen molar-refractivity contribution in [2.45, 2.75) is 19.4 Å². The first-order valence-corrected chi connectivity index (χ1v) is 12.9. The molecule has 176 valence electrons. The fourth-order valence-electron chi connectivity index (χ4n) is 4.66. The van der Waals surface area contributed by atoms with Crippen LogP contribution in [0.5, 0.6) is 0 Å². The molecule has 1 aromatic heterocycles. The van der Waals surface area contributed by atoms with Gasteiger partial charge in [0.1, 0.15) is 0 Å². The van der Waals surface area contributed by atoms with Gasteiger partial charge in [0.2, 0.25) is 5.95 Å². The minimum absolute atomic E-state index is 0.0303. The molecule has 0 saturated heterocycles. The highest BCUT2D eigenvalue weighted by Gasteiger charge is 2.32. The largest absolute Gasteiger partial charge is 0.247 e. The van der Waals surface area contributed by atoms with E-state index in [9.17, 15) is 0 Å². The predicted molar refractivity (Wildman–Crippen MR) is 152 cm³/mol. The number of para-hydroxylation sites is 1. The average molecular weight is 554 g/mol. The first-order valence-electron chi connectivity index (χ1n) is 11.8. The Hall–Kier alpha value is -3.54. The molecule has 2 heterocycles. The number of fused-ring (bicyclic) bond motifs is 1. The van der Waals surface area contributed by atoms with Crippen molar-refractivity contribution < 1.29 is 0 Å². The summed E-state index contributed by atoms with van der Waals surface area (Å²) in [5.74, 6) is 0.575. The molecule has 6 rings (SSSR count). The lowest BCUT2D eigenvalue weighted by molar-refractivity contribution is 0.688. The number of halogens is 2. The molecule has 4 nitrogen and oxygen atoms in total. The van der Waals surface area contributed by atoms with Gasteiger partial charge < -0.3 is 0 Å².